The van der Waals surface area contributed by atoms with E-state index in [1.54, 1.807) is 18.5 Å². The second-order valence-electron chi connectivity index (χ2n) is 7.09. The van der Waals surface area contributed by atoms with Crippen LogP contribution in [0.2, 0.25) is 0 Å². The Morgan fingerprint density at radius 3 is 2.41 bits per heavy atom. The molecule has 5 aromatic rings. The molecule has 0 saturated carbocycles. The molecule has 4 aromatic heterocycles. The Hall–Kier alpha value is -4.28. The number of nitrogens with zero attached hydrogens (tertiary/aromatic N) is 6. The molecule has 1 aromatic carbocycles. The lowest BCUT2D eigenvalue weighted by Gasteiger charge is -2.11. The van der Waals surface area contributed by atoms with E-state index in [4.69, 9.17) is 32.6 Å². The standard InChI is InChI=1S/C24H16ClN7.C2H6/c25-12-15-3-7-18(8-4-15)32-23(19-2-1-11-28-22(19)27)31-21-10-9-20(30-24(21)32)16-5-6-17(13-26)29-14-16;1-2/h1-11,14H,12H2,(H2,27,28);1-2H3. The molecule has 4 heterocycles. The molecule has 8 heteroatoms. The monoisotopic (exact) mass is 467 g/mol. The van der Waals surface area contributed by atoms with Crippen molar-refractivity contribution < 1.29 is 0 Å². The number of halogens is 1. The number of aromatic nitrogens is 5. The number of alkyl halides is 1. The van der Waals surface area contributed by atoms with Gasteiger partial charge in [-0.25, -0.2) is 19.9 Å². The molecule has 0 unspecified atom stereocenters. The summed E-state index contributed by atoms with van der Waals surface area (Å²) in [6.07, 6.45) is 3.29. The summed E-state index contributed by atoms with van der Waals surface area (Å²) in [5.74, 6) is 1.46. The largest absolute Gasteiger partial charge is 0.383 e. The second kappa shape index (κ2) is 10.1. The maximum Gasteiger partial charge on any atom is 0.165 e. The van der Waals surface area contributed by atoms with Crippen LogP contribution in [0.15, 0.2) is 73.1 Å². The van der Waals surface area contributed by atoms with Crippen LogP contribution in [-0.4, -0.2) is 24.5 Å². The molecule has 0 saturated heterocycles. The zero-order chi connectivity index (χ0) is 24.1. The topological polar surface area (TPSA) is 106 Å². The molecule has 0 aliphatic rings. The molecule has 7 nitrogen and oxygen atoms in total. The number of nitriles is 1. The number of nitrogen functional groups attached to an aromatic ring is 1. The summed E-state index contributed by atoms with van der Waals surface area (Å²) in [6, 6.07) is 20.9. The highest BCUT2D eigenvalue weighted by atomic mass is 35.5. The number of anilines is 1. The van der Waals surface area contributed by atoms with Crippen molar-refractivity contribution in [1.82, 2.24) is 24.5 Å². The van der Waals surface area contributed by atoms with Gasteiger partial charge in [0.15, 0.2) is 11.5 Å². The van der Waals surface area contributed by atoms with Crippen molar-refractivity contribution in [3.05, 3.63) is 84.3 Å². The average Bonchev–Trinajstić information content (AvgIpc) is 3.28. The molecule has 0 amide bonds. The van der Waals surface area contributed by atoms with E-state index in [0.29, 0.717) is 34.4 Å². The maximum absolute atomic E-state index is 9.01. The first kappa shape index (κ1) is 22.9. The highest BCUT2D eigenvalue weighted by Gasteiger charge is 2.18. The minimum absolute atomic E-state index is 0.355. The lowest BCUT2D eigenvalue weighted by molar-refractivity contribution is 1.07. The van der Waals surface area contributed by atoms with Crippen LogP contribution in [-0.2, 0) is 5.88 Å². The van der Waals surface area contributed by atoms with Crippen LogP contribution in [0.25, 0.3) is 39.5 Å². The smallest absolute Gasteiger partial charge is 0.165 e. The van der Waals surface area contributed by atoms with Crippen molar-refractivity contribution in [2.24, 2.45) is 0 Å². The first-order valence-electron chi connectivity index (χ1n) is 10.8. The Bertz CT molecular complexity index is 1470. The van der Waals surface area contributed by atoms with E-state index in [1.165, 1.54) is 0 Å². The lowest BCUT2D eigenvalue weighted by Crippen LogP contribution is -2.02. The number of hydrogen-bond acceptors (Lipinski definition) is 6. The molecular formula is C26H22ClN7. The molecule has 0 fully saturated rings. The fourth-order valence-electron chi connectivity index (χ4n) is 3.50. The van der Waals surface area contributed by atoms with Crippen LogP contribution in [0.4, 0.5) is 5.82 Å². The molecule has 168 valence electrons. The number of hydrogen-bond donors (Lipinski definition) is 1. The number of rotatable bonds is 4. The Labute approximate surface area is 202 Å². The zero-order valence-corrected chi connectivity index (χ0v) is 19.5. The second-order valence-corrected chi connectivity index (χ2v) is 7.36. The molecule has 0 bridgehead atoms. The van der Waals surface area contributed by atoms with Crippen molar-refractivity contribution in [3.8, 4) is 34.4 Å². The maximum atomic E-state index is 9.01. The minimum atomic E-state index is 0.355. The molecule has 0 spiro atoms. The number of benzene rings is 1. The van der Waals surface area contributed by atoms with Gasteiger partial charge in [0.1, 0.15) is 23.1 Å². The Balaban J connectivity index is 0.00000133. The number of nitrogens with two attached hydrogens (primary N) is 1. The first-order chi connectivity index (χ1) is 16.7. The van der Waals surface area contributed by atoms with Crippen molar-refractivity contribution in [2.75, 3.05) is 5.73 Å². The van der Waals surface area contributed by atoms with E-state index in [9.17, 15) is 0 Å². The van der Waals surface area contributed by atoms with E-state index in [1.807, 2.05) is 79.1 Å². The highest BCUT2D eigenvalue weighted by molar-refractivity contribution is 6.17. The zero-order valence-electron chi connectivity index (χ0n) is 18.8. The fraction of sp³-hybridized carbons (Fsp3) is 0.115. The van der Waals surface area contributed by atoms with Crippen LogP contribution < -0.4 is 5.73 Å². The Morgan fingerprint density at radius 1 is 0.971 bits per heavy atom. The lowest BCUT2D eigenvalue weighted by atomic mass is 10.2. The quantitative estimate of drug-likeness (QED) is 0.336. The van der Waals surface area contributed by atoms with Gasteiger partial charge in [-0.15, -0.1) is 11.6 Å². The van der Waals surface area contributed by atoms with Gasteiger partial charge in [0.2, 0.25) is 0 Å². The molecule has 5 rings (SSSR count). The molecule has 0 radical (unpaired) electrons. The normalized spacial score (nSPS) is 10.4. The SMILES string of the molecule is CC.N#Cc1ccc(-c2ccc3nc(-c4cccnc4N)n(-c4ccc(CCl)cc4)c3n2)cn1. The average molecular weight is 468 g/mol. The van der Waals surface area contributed by atoms with Gasteiger partial charge in [0.05, 0.1) is 11.3 Å². The van der Waals surface area contributed by atoms with Crippen molar-refractivity contribution in [2.45, 2.75) is 19.7 Å². The van der Waals surface area contributed by atoms with Gasteiger partial charge in [-0.1, -0.05) is 26.0 Å². The molecule has 2 N–H and O–H groups in total. The van der Waals surface area contributed by atoms with Crippen molar-refractivity contribution >= 4 is 28.6 Å². The summed E-state index contributed by atoms with van der Waals surface area (Å²) < 4.78 is 1.96. The van der Waals surface area contributed by atoms with E-state index < -0.39 is 0 Å². The fourth-order valence-corrected chi connectivity index (χ4v) is 3.67. The van der Waals surface area contributed by atoms with Crippen LogP contribution >= 0.6 is 11.6 Å². The molecule has 0 atom stereocenters. The Morgan fingerprint density at radius 2 is 1.76 bits per heavy atom. The number of pyridine rings is 3. The van der Waals surface area contributed by atoms with E-state index in [-0.39, 0.29) is 0 Å². The van der Waals surface area contributed by atoms with Crippen LogP contribution in [0.1, 0.15) is 25.1 Å². The van der Waals surface area contributed by atoms with Crippen LogP contribution in [0, 0.1) is 11.3 Å². The molecular weight excluding hydrogens is 446 g/mol. The van der Waals surface area contributed by atoms with Crippen LogP contribution in [0.3, 0.4) is 0 Å². The predicted octanol–water partition coefficient (Wildman–Crippen LogP) is 5.76. The van der Waals surface area contributed by atoms with Gasteiger partial charge in [-0.3, -0.25) is 4.57 Å². The van der Waals surface area contributed by atoms with E-state index in [0.717, 1.165) is 28.0 Å². The molecule has 34 heavy (non-hydrogen) atoms. The van der Waals surface area contributed by atoms with Gasteiger partial charge in [0.25, 0.3) is 0 Å². The molecule has 0 aliphatic heterocycles. The van der Waals surface area contributed by atoms with E-state index in [2.05, 4.69) is 9.97 Å². The van der Waals surface area contributed by atoms with Gasteiger partial charge in [0, 0.05) is 29.5 Å². The van der Waals surface area contributed by atoms with Crippen LogP contribution in [0.5, 0.6) is 0 Å². The third-order valence-electron chi connectivity index (χ3n) is 5.11. The summed E-state index contributed by atoms with van der Waals surface area (Å²) in [4.78, 5) is 18.1. The van der Waals surface area contributed by atoms with Gasteiger partial charge >= 0.3 is 0 Å². The summed E-state index contributed by atoms with van der Waals surface area (Å²) in [5.41, 5.74) is 12.1. The van der Waals surface area contributed by atoms with Gasteiger partial charge in [-0.2, -0.15) is 5.26 Å². The summed E-state index contributed by atoms with van der Waals surface area (Å²) in [6.45, 7) is 4.00. The van der Waals surface area contributed by atoms with Crippen molar-refractivity contribution in [1.29, 1.82) is 5.26 Å². The van der Waals surface area contributed by atoms with E-state index >= 15 is 0 Å². The van der Waals surface area contributed by atoms with Crippen molar-refractivity contribution in [3.63, 3.8) is 0 Å². The summed E-state index contributed by atoms with van der Waals surface area (Å²) in [7, 11) is 0. The van der Waals surface area contributed by atoms with Gasteiger partial charge < -0.3 is 5.73 Å². The third kappa shape index (κ3) is 4.32. The van der Waals surface area contributed by atoms with Gasteiger partial charge in [-0.05, 0) is 54.1 Å². The summed E-state index contributed by atoms with van der Waals surface area (Å²) in [5, 5.41) is 9.01. The number of imidazole rings is 1. The Kier molecular flexibility index (Phi) is 6.81. The summed E-state index contributed by atoms with van der Waals surface area (Å²) >= 11 is 5.98. The highest BCUT2D eigenvalue weighted by Crippen LogP contribution is 2.31. The minimum Gasteiger partial charge on any atom is -0.383 e. The third-order valence-corrected chi connectivity index (χ3v) is 5.42. The first-order valence-corrected chi connectivity index (χ1v) is 11.3. The molecule has 0 aliphatic carbocycles. The number of fused-ring (bicyclic) bond motifs is 1. The predicted molar refractivity (Wildman–Crippen MR) is 135 cm³/mol.